The van der Waals surface area contributed by atoms with Gasteiger partial charge in [-0.15, -0.1) is 0 Å². The molecular weight excluding hydrogens is 242 g/mol. The van der Waals surface area contributed by atoms with Crippen LogP contribution >= 0.6 is 11.6 Å². The van der Waals surface area contributed by atoms with Gasteiger partial charge < -0.3 is 5.32 Å². The van der Waals surface area contributed by atoms with E-state index in [-0.39, 0.29) is 0 Å². The van der Waals surface area contributed by atoms with Crippen LogP contribution in [0.15, 0.2) is 12.1 Å². The summed E-state index contributed by atoms with van der Waals surface area (Å²) in [6, 6.07) is 4.77. The van der Waals surface area contributed by atoms with E-state index in [0.29, 0.717) is 17.4 Å². The Hall–Kier alpha value is -0.530. The summed E-state index contributed by atoms with van der Waals surface area (Å²) in [5.41, 5.74) is 4.33. The molecule has 1 aliphatic carbocycles. The highest BCUT2D eigenvalue weighted by molar-refractivity contribution is 6.31. The number of rotatable bonds is 4. The summed E-state index contributed by atoms with van der Waals surface area (Å²) in [6.07, 6.45) is 1.29. The van der Waals surface area contributed by atoms with Crippen molar-refractivity contribution in [1.29, 1.82) is 0 Å². The van der Waals surface area contributed by atoms with Crippen molar-refractivity contribution < 1.29 is 0 Å². The molecule has 2 atom stereocenters. The van der Waals surface area contributed by atoms with Crippen LogP contribution in [0, 0.1) is 25.2 Å². The minimum atomic E-state index is 0.400. The highest BCUT2D eigenvalue weighted by Crippen LogP contribution is 2.58. The number of hydrogen-bond donors (Lipinski definition) is 1. The second kappa shape index (κ2) is 4.86. The summed E-state index contributed by atoms with van der Waals surface area (Å²) >= 11 is 6.46. The molecule has 1 nitrogen and oxygen atoms in total. The van der Waals surface area contributed by atoms with Crippen LogP contribution in [-0.2, 0) is 0 Å². The topological polar surface area (TPSA) is 12.0 Å². The molecule has 2 rings (SSSR count). The van der Waals surface area contributed by atoms with Gasteiger partial charge in [0, 0.05) is 11.1 Å². The fourth-order valence-corrected chi connectivity index (χ4v) is 3.14. The molecule has 0 aliphatic heterocycles. The summed E-state index contributed by atoms with van der Waals surface area (Å²) in [5, 5.41) is 4.53. The number of halogens is 1. The number of benzene rings is 1. The van der Waals surface area contributed by atoms with E-state index >= 15 is 0 Å². The van der Waals surface area contributed by atoms with E-state index in [9.17, 15) is 0 Å². The Morgan fingerprint density at radius 3 is 2.39 bits per heavy atom. The molecule has 1 aromatic rings. The molecule has 0 spiro atoms. The second-order valence-electron chi connectivity index (χ2n) is 6.29. The third-order valence-corrected chi connectivity index (χ3v) is 4.69. The molecule has 1 N–H and O–H groups in total. The van der Waals surface area contributed by atoms with E-state index in [2.05, 4.69) is 52.1 Å². The normalized spacial score (nSPS) is 22.9. The monoisotopic (exact) mass is 265 g/mol. The van der Waals surface area contributed by atoms with Crippen LogP contribution in [0.5, 0.6) is 0 Å². The standard InChI is InChI=1S/C16H24ClN/c1-6-18-15(13-9-16(13,4)5)12-7-10(2)11(3)8-14(12)17/h7-8,13,15,18H,6,9H2,1-5H3. The minimum absolute atomic E-state index is 0.400. The van der Waals surface area contributed by atoms with Gasteiger partial charge in [-0.1, -0.05) is 38.4 Å². The Balaban J connectivity index is 2.34. The Morgan fingerprint density at radius 1 is 1.33 bits per heavy atom. The smallest absolute Gasteiger partial charge is 0.0456 e. The van der Waals surface area contributed by atoms with Gasteiger partial charge in [-0.05, 0) is 60.9 Å². The van der Waals surface area contributed by atoms with Crippen molar-refractivity contribution in [2.24, 2.45) is 11.3 Å². The maximum atomic E-state index is 6.46. The van der Waals surface area contributed by atoms with Crippen LogP contribution in [-0.4, -0.2) is 6.54 Å². The van der Waals surface area contributed by atoms with E-state index in [1.165, 1.54) is 23.1 Å². The van der Waals surface area contributed by atoms with Gasteiger partial charge in [-0.2, -0.15) is 0 Å². The van der Waals surface area contributed by atoms with Crippen LogP contribution < -0.4 is 5.32 Å². The number of hydrogen-bond acceptors (Lipinski definition) is 1. The van der Waals surface area contributed by atoms with Crippen molar-refractivity contribution in [1.82, 2.24) is 5.32 Å². The lowest BCUT2D eigenvalue weighted by Crippen LogP contribution is -2.24. The fourth-order valence-electron chi connectivity index (χ4n) is 2.81. The maximum absolute atomic E-state index is 6.46. The summed E-state index contributed by atoms with van der Waals surface area (Å²) in [7, 11) is 0. The quantitative estimate of drug-likeness (QED) is 0.835. The third-order valence-electron chi connectivity index (χ3n) is 4.36. The first-order chi connectivity index (χ1) is 8.36. The van der Waals surface area contributed by atoms with Crippen molar-refractivity contribution in [2.45, 2.75) is 47.1 Å². The zero-order valence-corrected chi connectivity index (χ0v) is 12.9. The summed E-state index contributed by atoms with van der Waals surface area (Å²) in [4.78, 5) is 0. The lowest BCUT2D eigenvalue weighted by molar-refractivity contribution is 0.423. The van der Waals surface area contributed by atoms with Gasteiger partial charge in [-0.25, -0.2) is 0 Å². The molecule has 2 heteroatoms. The van der Waals surface area contributed by atoms with Gasteiger partial charge in [0.05, 0.1) is 0 Å². The van der Waals surface area contributed by atoms with E-state index in [1.54, 1.807) is 0 Å². The van der Waals surface area contributed by atoms with Crippen LogP contribution in [0.2, 0.25) is 5.02 Å². The average Bonchev–Trinajstić information content (AvgIpc) is 2.90. The number of aryl methyl sites for hydroxylation is 2. The van der Waals surface area contributed by atoms with E-state index in [4.69, 9.17) is 11.6 Å². The molecule has 0 saturated heterocycles. The van der Waals surface area contributed by atoms with E-state index in [1.807, 2.05) is 0 Å². The van der Waals surface area contributed by atoms with Crippen molar-refractivity contribution in [3.63, 3.8) is 0 Å². The largest absolute Gasteiger partial charge is 0.310 e. The molecule has 2 unspecified atom stereocenters. The first-order valence-corrected chi connectivity index (χ1v) is 7.24. The van der Waals surface area contributed by atoms with Crippen molar-refractivity contribution in [2.75, 3.05) is 6.54 Å². The van der Waals surface area contributed by atoms with Gasteiger partial charge in [-0.3, -0.25) is 0 Å². The Bertz CT molecular complexity index is 451. The molecule has 1 saturated carbocycles. The SMILES string of the molecule is CCNC(c1cc(C)c(C)cc1Cl)C1CC1(C)C. The van der Waals surface area contributed by atoms with Crippen LogP contribution in [0.3, 0.4) is 0 Å². The summed E-state index contributed by atoms with van der Waals surface area (Å²) in [6.45, 7) is 12.1. The molecule has 18 heavy (non-hydrogen) atoms. The predicted octanol–water partition coefficient (Wildman–Crippen LogP) is 4.65. The molecule has 1 aliphatic rings. The maximum Gasteiger partial charge on any atom is 0.0456 e. The highest BCUT2D eigenvalue weighted by atomic mass is 35.5. The molecule has 0 heterocycles. The molecule has 0 radical (unpaired) electrons. The van der Waals surface area contributed by atoms with E-state index < -0.39 is 0 Å². The predicted molar refractivity (Wildman–Crippen MR) is 79.2 cm³/mol. The fraction of sp³-hybridized carbons (Fsp3) is 0.625. The van der Waals surface area contributed by atoms with Crippen molar-refractivity contribution in [3.05, 3.63) is 33.8 Å². The van der Waals surface area contributed by atoms with Gasteiger partial charge in [0.15, 0.2) is 0 Å². The van der Waals surface area contributed by atoms with Crippen LogP contribution in [0.25, 0.3) is 0 Å². The Labute approximate surface area is 116 Å². The zero-order chi connectivity index (χ0) is 13.5. The van der Waals surface area contributed by atoms with Gasteiger partial charge in [0.2, 0.25) is 0 Å². The van der Waals surface area contributed by atoms with Crippen molar-refractivity contribution >= 4 is 11.6 Å². The summed E-state index contributed by atoms with van der Waals surface area (Å²) in [5.74, 6) is 0.706. The first kappa shape index (κ1) is 13.9. The van der Waals surface area contributed by atoms with Gasteiger partial charge in [0.25, 0.3) is 0 Å². The Morgan fingerprint density at radius 2 is 1.89 bits per heavy atom. The molecule has 1 aromatic carbocycles. The third kappa shape index (κ3) is 2.57. The number of nitrogens with one attached hydrogen (secondary N) is 1. The lowest BCUT2D eigenvalue weighted by Gasteiger charge is -2.22. The second-order valence-corrected chi connectivity index (χ2v) is 6.70. The van der Waals surface area contributed by atoms with Crippen LogP contribution in [0.1, 0.15) is 49.9 Å². The van der Waals surface area contributed by atoms with Gasteiger partial charge in [0.1, 0.15) is 0 Å². The van der Waals surface area contributed by atoms with Crippen molar-refractivity contribution in [3.8, 4) is 0 Å². The molecule has 1 fully saturated rings. The van der Waals surface area contributed by atoms with Gasteiger partial charge >= 0.3 is 0 Å². The molecule has 0 aromatic heterocycles. The highest BCUT2D eigenvalue weighted by Gasteiger charge is 2.50. The molecular formula is C16H24ClN. The van der Waals surface area contributed by atoms with E-state index in [0.717, 1.165) is 11.6 Å². The molecule has 0 bridgehead atoms. The molecule has 0 amide bonds. The first-order valence-electron chi connectivity index (χ1n) is 6.87. The molecule has 100 valence electrons. The lowest BCUT2D eigenvalue weighted by atomic mass is 9.94. The minimum Gasteiger partial charge on any atom is -0.310 e. The average molecular weight is 266 g/mol. The summed E-state index contributed by atoms with van der Waals surface area (Å²) < 4.78 is 0. The zero-order valence-electron chi connectivity index (χ0n) is 12.1. The Kier molecular flexibility index (Phi) is 3.75. The van der Waals surface area contributed by atoms with Crippen LogP contribution in [0.4, 0.5) is 0 Å².